The van der Waals surface area contributed by atoms with Crippen LogP contribution in [-0.2, 0) is 33.3 Å². The fraction of sp³-hybridized carbons (Fsp3) is 0.400. The Bertz CT molecular complexity index is 995. The molecule has 1 aromatic carbocycles. The van der Waals surface area contributed by atoms with E-state index >= 15 is 0 Å². The van der Waals surface area contributed by atoms with E-state index in [2.05, 4.69) is 0 Å². The molecule has 2 heterocycles. The molecule has 1 saturated heterocycles. The molecule has 4 unspecified atom stereocenters. The number of carbonyl (C=O) groups is 4. The van der Waals surface area contributed by atoms with Gasteiger partial charge in [0.1, 0.15) is 12.7 Å². The summed E-state index contributed by atoms with van der Waals surface area (Å²) in [6, 6.07) is 6.75. The van der Waals surface area contributed by atoms with Crippen molar-refractivity contribution in [3.8, 4) is 0 Å². The van der Waals surface area contributed by atoms with Crippen molar-refractivity contribution in [1.82, 2.24) is 4.57 Å². The molecule has 30 heavy (non-hydrogen) atoms. The minimum atomic E-state index is -1.14. The fourth-order valence-corrected chi connectivity index (χ4v) is 3.50. The number of aromatic carboxylic acids is 1. The van der Waals surface area contributed by atoms with Gasteiger partial charge in [0.15, 0.2) is 18.4 Å². The van der Waals surface area contributed by atoms with Gasteiger partial charge in [-0.05, 0) is 6.07 Å². The first kappa shape index (κ1) is 21.3. The molecule has 3 rings (SSSR count). The Kier molecular flexibility index (Phi) is 6.06. The van der Waals surface area contributed by atoms with Crippen molar-refractivity contribution in [3.63, 3.8) is 0 Å². The summed E-state index contributed by atoms with van der Waals surface area (Å²) < 4.78 is 23.2. The monoisotopic (exact) mass is 419 g/mol. The lowest BCUT2D eigenvalue weighted by Crippen LogP contribution is -2.40. The van der Waals surface area contributed by atoms with Crippen LogP contribution in [0.3, 0.4) is 0 Å². The van der Waals surface area contributed by atoms with Gasteiger partial charge in [-0.1, -0.05) is 18.2 Å². The first-order chi connectivity index (χ1) is 14.2. The quantitative estimate of drug-likeness (QED) is 0.549. The Labute approximate surface area is 171 Å². The number of para-hydroxylation sites is 1. The highest BCUT2D eigenvalue weighted by molar-refractivity contribution is 6.03. The van der Waals surface area contributed by atoms with Crippen molar-refractivity contribution in [1.29, 1.82) is 0 Å². The van der Waals surface area contributed by atoms with Crippen LogP contribution in [0.4, 0.5) is 0 Å². The third-order valence-electron chi connectivity index (χ3n) is 4.59. The SMILES string of the molecule is CC(=O)OCC1OC(n2cc(C(=O)O)c3ccccc32)C(OC(C)=O)C1OC(C)=O. The number of aromatic nitrogens is 1. The highest BCUT2D eigenvalue weighted by Crippen LogP contribution is 2.37. The zero-order valence-electron chi connectivity index (χ0n) is 16.6. The smallest absolute Gasteiger partial charge is 0.337 e. The van der Waals surface area contributed by atoms with Crippen LogP contribution >= 0.6 is 0 Å². The molecule has 10 nitrogen and oxygen atoms in total. The maximum absolute atomic E-state index is 11.8. The molecule has 2 aromatic rings. The largest absolute Gasteiger partial charge is 0.478 e. The van der Waals surface area contributed by atoms with Crippen LogP contribution in [0.5, 0.6) is 0 Å². The van der Waals surface area contributed by atoms with E-state index in [1.165, 1.54) is 31.5 Å². The van der Waals surface area contributed by atoms with Gasteiger partial charge in [0.25, 0.3) is 0 Å². The summed E-state index contributed by atoms with van der Waals surface area (Å²) in [5.74, 6) is -2.99. The van der Waals surface area contributed by atoms with Crippen LogP contribution in [0.15, 0.2) is 30.5 Å². The third-order valence-corrected chi connectivity index (χ3v) is 4.59. The van der Waals surface area contributed by atoms with Crippen LogP contribution in [0.25, 0.3) is 10.9 Å². The number of ether oxygens (including phenoxy) is 4. The number of nitrogens with zero attached hydrogens (tertiary/aromatic N) is 1. The molecule has 0 amide bonds. The van der Waals surface area contributed by atoms with Crippen molar-refractivity contribution in [2.45, 2.75) is 45.3 Å². The van der Waals surface area contributed by atoms with Crippen molar-refractivity contribution >= 4 is 34.8 Å². The number of benzene rings is 1. The molecule has 1 N–H and O–H groups in total. The lowest BCUT2D eigenvalue weighted by Gasteiger charge is -2.24. The molecule has 160 valence electrons. The van der Waals surface area contributed by atoms with Crippen molar-refractivity contribution < 1.29 is 43.2 Å². The Morgan fingerprint density at radius 3 is 2.23 bits per heavy atom. The van der Waals surface area contributed by atoms with Gasteiger partial charge in [-0.25, -0.2) is 4.79 Å². The molecule has 1 aliphatic rings. The number of esters is 3. The minimum Gasteiger partial charge on any atom is -0.478 e. The number of fused-ring (bicyclic) bond motifs is 1. The molecule has 0 radical (unpaired) electrons. The molecule has 1 aliphatic heterocycles. The van der Waals surface area contributed by atoms with Gasteiger partial charge in [0, 0.05) is 32.4 Å². The molecular weight excluding hydrogens is 398 g/mol. The molecule has 4 atom stereocenters. The van der Waals surface area contributed by atoms with Gasteiger partial charge in [0.2, 0.25) is 0 Å². The number of carboxylic acid groups (broad SMARTS) is 1. The predicted molar refractivity (Wildman–Crippen MR) is 101 cm³/mol. The predicted octanol–water partition coefficient (Wildman–Crippen LogP) is 1.66. The van der Waals surface area contributed by atoms with Crippen molar-refractivity contribution in [3.05, 3.63) is 36.0 Å². The average molecular weight is 419 g/mol. The average Bonchev–Trinajstić information content (AvgIpc) is 3.18. The van der Waals surface area contributed by atoms with E-state index in [0.29, 0.717) is 10.9 Å². The highest BCUT2D eigenvalue weighted by Gasteiger charge is 2.50. The lowest BCUT2D eigenvalue weighted by atomic mass is 10.1. The Balaban J connectivity index is 2.08. The van der Waals surface area contributed by atoms with Gasteiger partial charge >= 0.3 is 23.9 Å². The summed E-state index contributed by atoms with van der Waals surface area (Å²) in [6.45, 7) is 3.36. The van der Waals surface area contributed by atoms with E-state index in [1.54, 1.807) is 24.3 Å². The number of hydrogen-bond acceptors (Lipinski definition) is 8. The molecular formula is C20H21NO9. The molecule has 1 aromatic heterocycles. The van der Waals surface area contributed by atoms with E-state index in [-0.39, 0.29) is 12.2 Å². The Hall–Kier alpha value is -3.40. The molecule has 0 bridgehead atoms. The topological polar surface area (TPSA) is 130 Å². The van der Waals surface area contributed by atoms with Crippen molar-refractivity contribution in [2.75, 3.05) is 6.61 Å². The maximum Gasteiger partial charge on any atom is 0.337 e. The van der Waals surface area contributed by atoms with Crippen LogP contribution in [0.2, 0.25) is 0 Å². The minimum absolute atomic E-state index is 0.0308. The third kappa shape index (κ3) is 4.28. The molecule has 10 heteroatoms. The molecule has 1 fully saturated rings. The van der Waals surface area contributed by atoms with Crippen LogP contribution in [-0.4, -0.2) is 58.5 Å². The summed E-state index contributed by atoms with van der Waals surface area (Å²) in [5, 5.41) is 10.0. The van der Waals surface area contributed by atoms with E-state index in [1.807, 2.05) is 0 Å². The molecule has 0 aliphatic carbocycles. The summed E-state index contributed by atoms with van der Waals surface area (Å²) in [7, 11) is 0. The van der Waals surface area contributed by atoms with Gasteiger partial charge in [-0.3, -0.25) is 14.4 Å². The normalized spacial score (nSPS) is 23.2. The Morgan fingerprint density at radius 1 is 1.00 bits per heavy atom. The first-order valence-corrected chi connectivity index (χ1v) is 9.15. The van der Waals surface area contributed by atoms with Gasteiger partial charge < -0.3 is 28.6 Å². The van der Waals surface area contributed by atoms with E-state index in [9.17, 15) is 24.3 Å². The fourth-order valence-electron chi connectivity index (χ4n) is 3.50. The first-order valence-electron chi connectivity index (χ1n) is 9.15. The van der Waals surface area contributed by atoms with E-state index in [0.717, 1.165) is 0 Å². The van der Waals surface area contributed by atoms with Crippen LogP contribution in [0, 0.1) is 0 Å². The summed E-state index contributed by atoms with van der Waals surface area (Å²) in [6.07, 6.45) is -2.74. The highest BCUT2D eigenvalue weighted by atomic mass is 16.7. The van der Waals surface area contributed by atoms with Gasteiger partial charge in [-0.15, -0.1) is 0 Å². The maximum atomic E-state index is 11.8. The second-order valence-electron chi connectivity index (χ2n) is 6.79. The second kappa shape index (κ2) is 8.54. The molecule has 0 spiro atoms. The number of rotatable bonds is 6. The van der Waals surface area contributed by atoms with Gasteiger partial charge in [-0.2, -0.15) is 0 Å². The molecule has 0 saturated carbocycles. The van der Waals surface area contributed by atoms with E-state index < -0.39 is 48.4 Å². The summed E-state index contributed by atoms with van der Waals surface area (Å²) >= 11 is 0. The second-order valence-corrected chi connectivity index (χ2v) is 6.79. The van der Waals surface area contributed by atoms with E-state index in [4.69, 9.17) is 18.9 Å². The van der Waals surface area contributed by atoms with Crippen molar-refractivity contribution in [2.24, 2.45) is 0 Å². The Morgan fingerprint density at radius 2 is 1.63 bits per heavy atom. The number of carboxylic acids is 1. The van der Waals surface area contributed by atoms with Crippen LogP contribution < -0.4 is 0 Å². The summed E-state index contributed by atoms with van der Waals surface area (Å²) in [5.41, 5.74) is 0.551. The number of hydrogen-bond donors (Lipinski definition) is 1. The van der Waals surface area contributed by atoms with Gasteiger partial charge in [0.05, 0.1) is 11.1 Å². The zero-order chi connectivity index (χ0) is 22.0. The zero-order valence-corrected chi connectivity index (χ0v) is 16.6. The number of carbonyl (C=O) groups excluding carboxylic acids is 3. The standard InChI is InChI=1S/C20H21NO9/c1-10(22)27-9-16-17(28-11(2)23)18(29-12(3)24)19(30-16)21-8-14(20(25)26)13-6-4-5-7-15(13)21/h4-8,16-19H,9H2,1-3H3,(H,25,26). The lowest BCUT2D eigenvalue weighted by molar-refractivity contribution is -0.166. The summed E-state index contributed by atoms with van der Waals surface area (Å²) in [4.78, 5) is 46.3. The van der Waals surface area contributed by atoms with Crippen LogP contribution in [0.1, 0.15) is 37.4 Å².